The highest BCUT2D eigenvalue weighted by atomic mass is 16.7. The van der Waals surface area contributed by atoms with Gasteiger partial charge in [0.05, 0.1) is 5.92 Å². The van der Waals surface area contributed by atoms with Gasteiger partial charge in [-0.25, -0.2) is 0 Å². The predicted octanol–water partition coefficient (Wildman–Crippen LogP) is 4.44. The molecule has 0 unspecified atom stereocenters. The molecule has 0 saturated heterocycles. The van der Waals surface area contributed by atoms with Gasteiger partial charge in [-0.05, 0) is 25.0 Å². The van der Waals surface area contributed by atoms with E-state index in [1.54, 1.807) is 0 Å². The molecule has 2 aromatic carbocycles. The molecule has 1 heterocycles. The minimum atomic E-state index is -0.292. The third kappa shape index (κ3) is 2.42. The van der Waals surface area contributed by atoms with Crippen LogP contribution in [0.5, 0.6) is 0 Å². The molecule has 0 aliphatic carbocycles. The molecule has 102 valence electrons. The van der Waals surface area contributed by atoms with Crippen LogP contribution in [0.2, 0.25) is 0 Å². The van der Waals surface area contributed by atoms with Crippen molar-refractivity contribution in [1.29, 1.82) is 0 Å². The Bertz CT molecular complexity index is 548. The molecule has 20 heavy (non-hydrogen) atoms. The van der Waals surface area contributed by atoms with Crippen LogP contribution < -0.4 is 0 Å². The molecule has 2 heteroatoms. The van der Waals surface area contributed by atoms with Crippen LogP contribution in [0.15, 0.2) is 72.2 Å². The van der Waals surface area contributed by atoms with E-state index in [1.807, 2.05) is 50.2 Å². The first-order valence-corrected chi connectivity index (χ1v) is 6.86. The molecule has 0 bridgehead atoms. The molecule has 0 N–H and O–H groups in total. The lowest BCUT2D eigenvalue weighted by Gasteiger charge is -2.24. The summed E-state index contributed by atoms with van der Waals surface area (Å²) in [5.74, 6) is 1.81. The van der Waals surface area contributed by atoms with Crippen molar-refractivity contribution in [1.82, 2.24) is 0 Å². The van der Waals surface area contributed by atoms with E-state index in [1.165, 1.54) is 11.1 Å². The van der Waals surface area contributed by atoms with Crippen molar-refractivity contribution >= 4 is 0 Å². The highest BCUT2D eigenvalue weighted by molar-refractivity contribution is 5.33. The third-order valence-corrected chi connectivity index (χ3v) is 3.67. The van der Waals surface area contributed by atoms with E-state index in [-0.39, 0.29) is 12.2 Å². The van der Waals surface area contributed by atoms with Gasteiger partial charge in [-0.15, -0.1) is 0 Å². The van der Waals surface area contributed by atoms with Crippen molar-refractivity contribution in [3.05, 3.63) is 83.3 Å². The van der Waals surface area contributed by atoms with E-state index in [9.17, 15) is 0 Å². The van der Waals surface area contributed by atoms with E-state index >= 15 is 0 Å². The van der Waals surface area contributed by atoms with Crippen LogP contribution in [0.25, 0.3) is 0 Å². The monoisotopic (exact) mass is 266 g/mol. The molecule has 0 atom stereocenters. The molecule has 1 aliphatic heterocycles. The number of hydrogen-bond donors (Lipinski definition) is 0. The first-order valence-electron chi connectivity index (χ1n) is 6.86. The van der Waals surface area contributed by atoms with Crippen molar-refractivity contribution in [3.8, 4) is 0 Å². The van der Waals surface area contributed by atoms with Crippen LogP contribution in [0, 0.1) is 0 Å². The summed E-state index contributed by atoms with van der Waals surface area (Å²) >= 11 is 0. The van der Waals surface area contributed by atoms with Gasteiger partial charge in [0.15, 0.2) is 0 Å². The van der Waals surface area contributed by atoms with Crippen LogP contribution in [0.1, 0.15) is 30.9 Å². The number of rotatable bonds is 3. The topological polar surface area (TPSA) is 18.5 Å². The van der Waals surface area contributed by atoms with Gasteiger partial charge >= 0.3 is 0 Å². The predicted molar refractivity (Wildman–Crippen MR) is 79.1 cm³/mol. The Balaban J connectivity index is 1.98. The van der Waals surface area contributed by atoms with E-state index < -0.39 is 0 Å². The molecule has 0 amide bonds. The Hall–Kier alpha value is -2.22. The van der Waals surface area contributed by atoms with Gasteiger partial charge in [0.1, 0.15) is 11.5 Å². The van der Waals surface area contributed by atoms with Crippen molar-refractivity contribution in [2.24, 2.45) is 0 Å². The maximum absolute atomic E-state index is 5.90. The Labute approximate surface area is 119 Å². The van der Waals surface area contributed by atoms with Crippen molar-refractivity contribution in [2.45, 2.75) is 26.1 Å². The molecule has 0 radical (unpaired) electrons. The summed E-state index contributed by atoms with van der Waals surface area (Å²) < 4.78 is 11.8. The summed E-state index contributed by atoms with van der Waals surface area (Å²) in [5, 5.41) is 0. The Morgan fingerprint density at radius 3 is 1.50 bits per heavy atom. The summed E-state index contributed by atoms with van der Waals surface area (Å²) in [7, 11) is 0. The largest absolute Gasteiger partial charge is 0.455 e. The van der Waals surface area contributed by atoms with E-state index in [2.05, 4.69) is 24.3 Å². The fourth-order valence-corrected chi connectivity index (χ4v) is 2.50. The minimum Gasteiger partial charge on any atom is -0.455 e. The molecule has 0 spiro atoms. The lowest BCUT2D eigenvalue weighted by Crippen LogP contribution is -2.21. The first kappa shape index (κ1) is 12.8. The van der Waals surface area contributed by atoms with Crippen LogP contribution in [-0.4, -0.2) is 6.29 Å². The molecular formula is C18H18O2. The zero-order valence-corrected chi connectivity index (χ0v) is 11.7. The first-order chi connectivity index (χ1) is 9.75. The van der Waals surface area contributed by atoms with Gasteiger partial charge in [0.2, 0.25) is 0 Å². The van der Waals surface area contributed by atoms with Crippen molar-refractivity contribution in [3.63, 3.8) is 0 Å². The van der Waals surface area contributed by atoms with Crippen LogP contribution in [0.4, 0.5) is 0 Å². The summed E-state index contributed by atoms with van der Waals surface area (Å²) in [5.41, 5.74) is 2.40. The fraction of sp³-hybridized carbons (Fsp3) is 0.222. The average Bonchev–Trinajstić information content (AvgIpc) is 2.81. The fourth-order valence-electron chi connectivity index (χ4n) is 2.50. The standard InChI is InChI=1S/C18H18O2/c1-13-14(2)20-18(19-13)17(15-9-5-3-6-10-15)16-11-7-4-8-12-16/h3-12,17-18H,1-2H3. The Morgan fingerprint density at radius 1 is 0.700 bits per heavy atom. The number of hydrogen-bond acceptors (Lipinski definition) is 2. The molecule has 1 aliphatic rings. The summed E-state index contributed by atoms with van der Waals surface area (Å²) in [6.45, 7) is 3.89. The van der Waals surface area contributed by atoms with Gasteiger partial charge < -0.3 is 9.47 Å². The zero-order valence-electron chi connectivity index (χ0n) is 11.7. The SMILES string of the molecule is CC1=C(C)OC(C(c2ccccc2)c2ccccc2)O1. The van der Waals surface area contributed by atoms with Crippen LogP contribution in [-0.2, 0) is 9.47 Å². The summed E-state index contributed by atoms with van der Waals surface area (Å²) in [4.78, 5) is 0. The molecule has 2 aromatic rings. The zero-order chi connectivity index (χ0) is 13.9. The number of ether oxygens (including phenoxy) is 2. The smallest absolute Gasteiger partial charge is 0.251 e. The molecule has 0 aromatic heterocycles. The molecule has 3 rings (SSSR count). The van der Waals surface area contributed by atoms with E-state index in [0.29, 0.717) is 0 Å². The summed E-state index contributed by atoms with van der Waals surface area (Å²) in [6.07, 6.45) is -0.292. The van der Waals surface area contributed by atoms with Gasteiger partial charge in [0.25, 0.3) is 6.29 Å². The molecule has 0 saturated carbocycles. The van der Waals surface area contributed by atoms with E-state index in [0.717, 1.165) is 11.5 Å². The molecule has 0 fully saturated rings. The van der Waals surface area contributed by atoms with Crippen molar-refractivity contribution < 1.29 is 9.47 Å². The van der Waals surface area contributed by atoms with Crippen LogP contribution in [0.3, 0.4) is 0 Å². The minimum absolute atomic E-state index is 0.0739. The second-order valence-electron chi connectivity index (χ2n) is 5.02. The second-order valence-corrected chi connectivity index (χ2v) is 5.02. The van der Waals surface area contributed by atoms with E-state index in [4.69, 9.17) is 9.47 Å². The summed E-state index contributed by atoms with van der Waals surface area (Å²) in [6, 6.07) is 20.7. The van der Waals surface area contributed by atoms with Crippen LogP contribution >= 0.6 is 0 Å². The highest BCUT2D eigenvalue weighted by Gasteiger charge is 2.32. The number of allylic oxidation sites excluding steroid dienone is 2. The maximum Gasteiger partial charge on any atom is 0.251 e. The van der Waals surface area contributed by atoms with Gasteiger partial charge in [-0.2, -0.15) is 0 Å². The Kier molecular flexibility index (Phi) is 3.46. The van der Waals surface area contributed by atoms with Gasteiger partial charge in [-0.3, -0.25) is 0 Å². The van der Waals surface area contributed by atoms with Gasteiger partial charge in [-0.1, -0.05) is 60.7 Å². The lowest BCUT2D eigenvalue weighted by atomic mass is 9.91. The maximum atomic E-state index is 5.90. The lowest BCUT2D eigenvalue weighted by molar-refractivity contribution is -0.0490. The second kappa shape index (κ2) is 5.41. The molecule has 2 nitrogen and oxygen atoms in total. The third-order valence-electron chi connectivity index (χ3n) is 3.67. The van der Waals surface area contributed by atoms with Crippen molar-refractivity contribution in [2.75, 3.05) is 0 Å². The number of benzene rings is 2. The Morgan fingerprint density at radius 2 is 1.10 bits per heavy atom. The normalized spacial score (nSPS) is 15.3. The average molecular weight is 266 g/mol. The molecular weight excluding hydrogens is 248 g/mol. The van der Waals surface area contributed by atoms with Gasteiger partial charge in [0, 0.05) is 0 Å². The highest BCUT2D eigenvalue weighted by Crippen LogP contribution is 2.36. The quantitative estimate of drug-likeness (QED) is 0.817.